The van der Waals surface area contributed by atoms with Crippen LogP contribution in [0, 0.1) is 0 Å². The number of nitrogens with one attached hydrogen (secondary N) is 2. The van der Waals surface area contributed by atoms with Gasteiger partial charge < -0.3 is 10.6 Å². The number of hydrogen-bond donors (Lipinski definition) is 2. The maximum Gasteiger partial charge on any atom is 0.137 e. The Morgan fingerprint density at radius 3 is 2.73 bits per heavy atom. The molecule has 2 aliphatic rings. The lowest BCUT2D eigenvalue weighted by Gasteiger charge is -2.23. The summed E-state index contributed by atoms with van der Waals surface area (Å²) in [6, 6.07) is 0. The Bertz CT molecular complexity index is 369. The summed E-state index contributed by atoms with van der Waals surface area (Å²) in [4.78, 5) is 0. The summed E-state index contributed by atoms with van der Waals surface area (Å²) in [5.41, 5.74) is 3.02. The number of rotatable bonds is 2. The second-order valence-electron chi connectivity index (χ2n) is 3.80. The molecule has 0 spiro atoms. The monoisotopic (exact) mass is 206 g/mol. The Balaban J connectivity index is 2.29. The van der Waals surface area contributed by atoms with Crippen LogP contribution in [-0.2, 0) is 0 Å². The van der Waals surface area contributed by atoms with Crippen molar-refractivity contribution in [1.82, 2.24) is 10.6 Å². The van der Waals surface area contributed by atoms with Gasteiger partial charge in [-0.2, -0.15) is 0 Å². The molecule has 1 atom stereocenters. The fraction of sp³-hybridized carbons (Fsp3) is 0.333. The molecule has 0 amide bonds. The normalized spacial score (nSPS) is 24.1. The molecule has 0 bridgehead atoms. The maximum atomic E-state index is 13.2. The Hall–Kier alpha value is -1.51. The number of allylic oxidation sites excluding steroid dienone is 5. The lowest BCUT2D eigenvalue weighted by atomic mass is 10.2. The minimum atomic E-state index is -0.977. The summed E-state index contributed by atoms with van der Waals surface area (Å²) in [7, 11) is 0. The van der Waals surface area contributed by atoms with Crippen LogP contribution in [0.5, 0.6) is 0 Å². The van der Waals surface area contributed by atoms with Gasteiger partial charge in [0.25, 0.3) is 0 Å². The van der Waals surface area contributed by atoms with E-state index in [0.717, 1.165) is 24.4 Å². The summed E-state index contributed by atoms with van der Waals surface area (Å²) >= 11 is 0. The van der Waals surface area contributed by atoms with Gasteiger partial charge in [-0.25, -0.2) is 4.39 Å². The van der Waals surface area contributed by atoms with Gasteiger partial charge in [0.2, 0.25) is 0 Å². The van der Waals surface area contributed by atoms with Crippen molar-refractivity contribution in [3.63, 3.8) is 0 Å². The van der Waals surface area contributed by atoms with Crippen LogP contribution >= 0.6 is 0 Å². The van der Waals surface area contributed by atoms with E-state index in [1.54, 1.807) is 12.2 Å². The molecule has 2 nitrogen and oxygen atoms in total. The highest BCUT2D eigenvalue weighted by molar-refractivity contribution is 5.40. The zero-order chi connectivity index (χ0) is 10.8. The fourth-order valence-corrected chi connectivity index (χ4v) is 1.50. The molecule has 15 heavy (non-hydrogen) atoms. The Morgan fingerprint density at radius 2 is 2.20 bits per heavy atom. The topological polar surface area (TPSA) is 24.1 Å². The molecule has 1 unspecified atom stereocenters. The molecule has 2 rings (SSSR count). The van der Waals surface area contributed by atoms with Crippen LogP contribution in [0.1, 0.15) is 19.8 Å². The first-order valence-electron chi connectivity index (χ1n) is 5.15. The van der Waals surface area contributed by atoms with Gasteiger partial charge in [0.1, 0.15) is 12.0 Å². The van der Waals surface area contributed by atoms with Crippen molar-refractivity contribution in [2.75, 3.05) is 0 Å². The fourth-order valence-electron chi connectivity index (χ4n) is 1.50. The Labute approximate surface area is 89.2 Å². The van der Waals surface area contributed by atoms with Crippen LogP contribution in [0.25, 0.3) is 0 Å². The SMILES string of the molecule is C=C/C=C1/NC(C(C)F)=CC(=C2CC2)N1. The van der Waals surface area contributed by atoms with Crippen molar-refractivity contribution in [1.29, 1.82) is 0 Å². The molecule has 2 N–H and O–H groups in total. The van der Waals surface area contributed by atoms with Gasteiger partial charge in [0.15, 0.2) is 0 Å². The van der Waals surface area contributed by atoms with Gasteiger partial charge >= 0.3 is 0 Å². The summed E-state index contributed by atoms with van der Waals surface area (Å²) in [5.74, 6) is 0.793. The first-order chi connectivity index (χ1) is 7.20. The van der Waals surface area contributed by atoms with Gasteiger partial charge in [-0.15, -0.1) is 0 Å². The van der Waals surface area contributed by atoms with Crippen LogP contribution in [0.2, 0.25) is 0 Å². The molecule has 1 saturated carbocycles. The van der Waals surface area contributed by atoms with Gasteiger partial charge in [-0.3, -0.25) is 0 Å². The van der Waals surface area contributed by atoms with Crippen molar-refractivity contribution >= 4 is 0 Å². The molecule has 0 aromatic carbocycles. The standard InChI is InChI=1S/C12H15FN2/c1-3-4-12-14-10(8(2)13)7-11(15-12)9-5-6-9/h3-4,7-8,14-15H,1,5-6H2,2H3/b12-4-. The third kappa shape index (κ3) is 2.29. The van der Waals surface area contributed by atoms with Gasteiger partial charge in [-0.05, 0) is 37.5 Å². The summed E-state index contributed by atoms with van der Waals surface area (Å²) < 4.78 is 13.2. The third-order valence-corrected chi connectivity index (χ3v) is 2.44. The first-order valence-corrected chi connectivity index (χ1v) is 5.15. The smallest absolute Gasteiger partial charge is 0.137 e. The van der Waals surface area contributed by atoms with E-state index in [0.29, 0.717) is 5.70 Å². The molecule has 0 aromatic heterocycles. The Morgan fingerprint density at radius 1 is 1.47 bits per heavy atom. The van der Waals surface area contributed by atoms with Crippen molar-refractivity contribution < 1.29 is 4.39 Å². The molecule has 1 aliphatic heterocycles. The molecule has 0 saturated heterocycles. The van der Waals surface area contributed by atoms with Crippen molar-refractivity contribution in [2.45, 2.75) is 25.9 Å². The third-order valence-electron chi connectivity index (χ3n) is 2.44. The molecule has 1 aliphatic carbocycles. The van der Waals surface area contributed by atoms with Gasteiger partial charge in [0, 0.05) is 5.70 Å². The summed E-state index contributed by atoms with van der Waals surface area (Å²) in [6.07, 6.45) is 6.60. The highest BCUT2D eigenvalue weighted by Crippen LogP contribution is 2.33. The zero-order valence-electron chi connectivity index (χ0n) is 8.81. The van der Waals surface area contributed by atoms with Crippen molar-refractivity contribution in [3.8, 4) is 0 Å². The molecular weight excluding hydrogens is 191 g/mol. The molecule has 0 aromatic rings. The highest BCUT2D eigenvalue weighted by Gasteiger charge is 2.22. The quantitative estimate of drug-likeness (QED) is 0.725. The molecule has 80 valence electrons. The largest absolute Gasteiger partial charge is 0.343 e. The van der Waals surface area contributed by atoms with Crippen LogP contribution in [0.4, 0.5) is 4.39 Å². The van der Waals surface area contributed by atoms with Crippen LogP contribution in [-0.4, -0.2) is 6.17 Å². The van der Waals surface area contributed by atoms with E-state index in [2.05, 4.69) is 17.2 Å². The highest BCUT2D eigenvalue weighted by atomic mass is 19.1. The van der Waals surface area contributed by atoms with E-state index in [9.17, 15) is 4.39 Å². The molecular formula is C12H15FN2. The first kappa shape index (κ1) is 10.0. The predicted molar refractivity (Wildman–Crippen MR) is 59.5 cm³/mol. The van der Waals surface area contributed by atoms with Crippen LogP contribution < -0.4 is 10.6 Å². The molecule has 1 fully saturated rings. The second kappa shape index (κ2) is 3.93. The van der Waals surface area contributed by atoms with E-state index in [1.165, 1.54) is 12.5 Å². The number of hydrogen-bond acceptors (Lipinski definition) is 2. The average Bonchev–Trinajstić information content (AvgIpc) is 3.01. The van der Waals surface area contributed by atoms with Crippen molar-refractivity contribution in [3.05, 3.63) is 47.6 Å². The second-order valence-corrected chi connectivity index (χ2v) is 3.80. The molecule has 1 heterocycles. The average molecular weight is 206 g/mol. The van der Waals surface area contributed by atoms with E-state index in [4.69, 9.17) is 0 Å². The van der Waals surface area contributed by atoms with Gasteiger partial charge in [-0.1, -0.05) is 12.7 Å². The van der Waals surface area contributed by atoms with E-state index >= 15 is 0 Å². The molecule has 3 heteroatoms. The van der Waals surface area contributed by atoms with Crippen molar-refractivity contribution in [2.24, 2.45) is 0 Å². The zero-order valence-corrected chi connectivity index (χ0v) is 8.81. The maximum absolute atomic E-state index is 13.2. The molecule has 0 radical (unpaired) electrons. The number of halogens is 1. The van der Waals surface area contributed by atoms with Gasteiger partial charge in [0.05, 0.1) is 5.70 Å². The Kier molecular flexibility index (Phi) is 2.62. The van der Waals surface area contributed by atoms with Crippen LogP contribution in [0.15, 0.2) is 47.6 Å². The predicted octanol–water partition coefficient (Wildman–Crippen LogP) is 2.50. The minimum absolute atomic E-state index is 0.608. The lowest BCUT2D eigenvalue weighted by molar-refractivity contribution is 0.393. The summed E-state index contributed by atoms with van der Waals surface area (Å²) in [6.45, 7) is 5.16. The lowest BCUT2D eigenvalue weighted by Crippen LogP contribution is -2.33. The van der Waals surface area contributed by atoms with Crippen LogP contribution in [0.3, 0.4) is 0 Å². The minimum Gasteiger partial charge on any atom is -0.343 e. The number of alkyl halides is 1. The van der Waals surface area contributed by atoms with E-state index < -0.39 is 6.17 Å². The van der Waals surface area contributed by atoms with E-state index in [1.807, 2.05) is 6.08 Å². The van der Waals surface area contributed by atoms with E-state index in [-0.39, 0.29) is 0 Å². The summed E-state index contributed by atoms with van der Waals surface area (Å²) in [5, 5.41) is 6.21.